The van der Waals surface area contributed by atoms with Crippen LogP contribution in [0.15, 0.2) is 36.4 Å². The van der Waals surface area contributed by atoms with E-state index in [4.69, 9.17) is 46.4 Å². The summed E-state index contributed by atoms with van der Waals surface area (Å²) in [5, 5.41) is 8.59. The molecule has 0 radical (unpaired) electrons. The Kier molecular flexibility index (Phi) is 5.67. The van der Waals surface area contributed by atoms with Crippen LogP contribution in [0.2, 0.25) is 20.1 Å². The van der Waals surface area contributed by atoms with E-state index in [1.54, 1.807) is 18.2 Å². The second-order valence-corrected chi connectivity index (χ2v) is 5.68. The normalized spacial score (nSPS) is 10.4. The summed E-state index contributed by atoms with van der Waals surface area (Å²) >= 11 is 23.8. The van der Waals surface area contributed by atoms with Crippen molar-refractivity contribution >= 4 is 57.8 Å². The van der Waals surface area contributed by atoms with E-state index >= 15 is 0 Å². The molecule has 20 heavy (non-hydrogen) atoms. The molecule has 0 aliphatic heterocycles. The van der Waals surface area contributed by atoms with Gasteiger partial charge < -0.3 is 10.6 Å². The highest BCUT2D eigenvalue weighted by Crippen LogP contribution is 2.29. The molecule has 106 valence electrons. The average molecular weight is 350 g/mol. The van der Waals surface area contributed by atoms with Crippen LogP contribution in [-0.4, -0.2) is 13.1 Å². The molecule has 0 saturated carbocycles. The summed E-state index contributed by atoms with van der Waals surface area (Å²) in [6.45, 7) is 1.40. The molecule has 2 rings (SSSR count). The third-order valence-corrected chi connectivity index (χ3v) is 4.20. The Bertz CT molecular complexity index is 602. The molecule has 0 atom stereocenters. The lowest BCUT2D eigenvalue weighted by atomic mass is 10.3. The van der Waals surface area contributed by atoms with Gasteiger partial charge in [0.15, 0.2) is 0 Å². The molecule has 0 spiro atoms. The summed E-state index contributed by atoms with van der Waals surface area (Å²) in [6.07, 6.45) is 0. The Labute approximate surface area is 138 Å². The Hall–Kier alpha value is -0.800. The maximum Gasteiger partial charge on any atom is 0.0823 e. The molecule has 0 saturated heterocycles. The van der Waals surface area contributed by atoms with E-state index in [0.717, 1.165) is 11.4 Å². The van der Waals surface area contributed by atoms with Crippen LogP contribution in [0.3, 0.4) is 0 Å². The van der Waals surface area contributed by atoms with Crippen LogP contribution in [0.4, 0.5) is 11.4 Å². The number of hydrogen-bond donors (Lipinski definition) is 2. The van der Waals surface area contributed by atoms with Gasteiger partial charge in [-0.05, 0) is 30.3 Å². The molecule has 0 unspecified atom stereocenters. The lowest BCUT2D eigenvalue weighted by Crippen LogP contribution is -2.13. The lowest BCUT2D eigenvalue weighted by Gasteiger charge is -2.11. The third kappa shape index (κ3) is 4.10. The van der Waals surface area contributed by atoms with Gasteiger partial charge in [-0.1, -0.05) is 52.5 Å². The fourth-order valence-electron chi connectivity index (χ4n) is 1.65. The van der Waals surface area contributed by atoms with Gasteiger partial charge in [-0.15, -0.1) is 0 Å². The van der Waals surface area contributed by atoms with Crippen molar-refractivity contribution in [2.75, 3.05) is 23.7 Å². The van der Waals surface area contributed by atoms with E-state index in [9.17, 15) is 0 Å². The van der Waals surface area contributed by atoms with Gasteiger partial charge in [0.05, 0.1) is 25.8 Å². The van der Waals surface area contributed by atoms with Crippen LogP contribution >= 0.6 is 46.4 Å². The predicted octanol–water partition coefficient (Wildman–Crippen LogP) is 5.82. The highest BCUT2D eigenvalue weighted by atomic mass is 35.5. The Balaban J connectivity index is 1.84. The van der Waals surface area contributed by atoms with Crippen molar-refractivity contribution in [1.29, 1.82) is 0 Å². The van der Waals surface area contributed by atoms with Gasteiger partial charge in [-0.25, -0.2) is 0 Å². The summed E-state index contributed by atoms with van der Waals surface area (Å²) < 4.78 is 0. The molecule has 2 nitrogen and oxygen atoms in total. The van der Waals surface area contributed by atoms with E-state index < -0.39 is 0 Å². The summed E-state index contributed by atoms with van der Waals surface area (Å²) in [5.41, 5.74) is 1.73. The number of anilines is 2. The second kappa shape index (κ2) is 7.28. The molecular weight excluding hydrogens is 338 g/mol. The zero-order valence-corrected chi connectivity index (χ0v) is 13.4. The van der Waals surface area contributed by atoms with Gasteiger partial charge in [-0.3, -0.25) is 0 Å². The van der Waals surface area contributed by atoms with Gasteiger partial charge in [0, 0.05) is 18.8 Å². The third-order valence-electron chi connectivity index (χ3n) is 2.64. The van der Waals surface area contributed by atoms with Crippen LogP contribution in [0, 0.1) is 0 Å². The van der Waals surface area contributed by atoms with E-state index in [2.05, 4.69) is 10.6 Å². The number of rotatable bonds is 5. The average Bonchev–Trinajstić information content (AvgIpc) is 2.43. The molecule has 0 heterocycles. The molecule has 0 aliphatic carbocycles. The smallest absolute Gasteiger partial charge is 0.0823 e. The van der Waals surface area contributed by atoms with Crippen LogP contribution < -0.4 is 10.6 Å². The minimum Gasteiger partial charge on any atom is -0.383 e. The maximum atomic E-state index is 6.08. The van der Waals surface area contributed by atoms with E-state index in [0.29, 0.717) is 33.2 Å². The molecule has 2 N–H and O–H groups in total. The number of benzene rings is 2. The summed E-state index contributed by atoms with van der Waals surface area (Å²) in [6, 6.07) is 10.9. The topological polar surface area (TPSA) is 24.1 Å². The predicted molar refractivity (Wildman–Crippen MR) is 89.9 cm³/mol. The Morgan fingerprint density at radius 3 is 2.25 bits per heavy atom. The van der Waals surface area contributed by atoms with Gasteiger partial charge in [0.25, 0.3) is 0 Å². The zero-order valence-electron chi connectivity index (χ0n) is 10.4. The summed E-state index contributed by atoms with van der Waals surface area (Å²) in [5.74, 6) is 0. The van der Waals surface area contributed by atoms with Crippen molar-refractivity contribution in [3.63, 3.8) is 0 Å². The molecule has 6 heteroatoms. The molecule has 0 aromatic heterocycles. The SMILES string of the molecule is Clc1ccc(NCCNc2cccc(Cl)c2Cl)cc1Cl. The van der Waals surface area contributed by atoms with Crippen molar-refractivity contribution in [1.82, 2.24) is 0 Å². The van der Waals surface area contributed by atoms with Crippen LogP contribution in [0.5, 0.6) is 0 Å². The molecule has 0 aliphatic rings. The van der Waals surface area contributed by atoms with Crippen molar-refractivity contribution in [2.45, 2.75) is 0 Å². The van der Waals surface area contributed by atoms with Gasteiger partial charge in [-0.2, -0.15) is 0 Å². The fraction of sp³-hybridized carbons (Fsp3) is 0.143. The second-order valence-electron chi connectivity index (χ2n) is 4.08. The number of nitrogens with one attached hydrogen (secondary N) is 2. The Morgan fingerprint density at radius 1 is 0.750 bits per heavy atom. The first-order valence-corrected chi connectivity index (χ1v) is 7.46. The van der Waals surface area contributed by atoms with E-state index in [1.165, 1.54) is 0 Å². The fourth-order valence-corrected chi connectivity index (χ4v) is 2.32. The maximum absolute atomic E-state index is 6.08. The first-order valence-electron chi connectivity index (χ1n) is 5.95. The molecule has 0 amide bonds. The van der Waals surface area contributed by atoms with Crippen molar-refractivity contribution < 1.29 is 0 Å². The highest BCUT2D eigenvalue weighted by Gasteiger charge is 2.03. The van der Waals surface area contributed by atoms with Gasteiger partial charge in [0.2, 0.25) is 0 Å². The Morgan fingerprint density at radius 2 is 1.50 bits per heavy atom. The number of halogens is 4. The zero-order chi connectivity index (χ0) is 14.5. The van der Waals surface area contributed by atoms with Crippen molar-refractivity contribution in [3.05, 3.63) is 56.5 Å². The van der Waals surface area contributed by atoms with Crippen LogP contribution in [0.25, 0.3) is 0 Å². The molecular formula is C14H12Cl4N2. The van der Waals surface area contributed by atoms with Gasteiger partial charge >= 0.3 is 0 Å². The quantitative estimate of drug-likeness (QED) is 0.664. The first-order chi connectivity index (χ1) is 9.58. The van der Waals surface area contributed by atoms with Gasteiger partial charge in [0.1, 0.15) is 0 Å². The lowest BCUT2D eigenvalue weighted by molar-refractivity contribution is 1.08. The molecule has 2 aromatic rings. The largest absolute Gasteiger partial charge is 0.383 e. The van der Waals surface area contributed by atoms with Crippen molar-refractivity contribution in [3.8, 4) is 0 Å². The molecule has 0 bridgehead atoms. The van der Waals surface area contributed by atoms with E-state index in [1.807, 2.05) is 18.2 Å². The molecule has 2 aromatic carbocycles. The minimum absolute atomic E-state index is 0.530. The summed E-state index contributed by atoms with van der Waals surface area (Å²) in [4.78, 5) is 0. The van der Waals surface area contributed by atoms with Crippen molar-refractivity contribution in [2.24, 2.45) is 0 Å². The number of hydrogen-bond acceptors (Lipinski definition) is 2. The van der Waals surface area contributed by atoms with Crippen LogP contribution in [-0.2, 0) is 0 Å². The van der Waals surface area contributed by atoms with E-state index in [-0.39, 0.29) is 0 Å². The molecule has 0 fully saturated rings. The summed E-state index contributed by atoms with van der Waals surface area (Å²) in [7, 11) is 0. The standard InChI is InChI=1S/C14H12Cl4N2/c15-10-5-4-9(8-12(10)17)19-6-7-20-13-3-1-2-11(16)14(13)18/h1-5,8,19-20H,6-7H2. The van der Waals surface area contributed by atoms with Crippen LogP contribution in [0.1, 0.15) is 0 Å². The minimum atomic E-state index is 0.530. The first kappa shape index (κ1) is 15.6. The monoisotopic (exact) mass is 348 g/mol. The highest BCUT2D eigenvalue weighted by molar-refractivity contribution is 6.43.